The van der Waals surface area contributed by atoms with Gasteiger partial charge in [-0.05, 0) is 34.1 Å². The van der Waals surface area contributed by atoms with Gasteiger partial charge in [0.1, 0.15) is 5.69 Å². The predicted octanol–water partition coefficient (Wildman–Crippen LogP) is 2.15. The van der Waals surface area contributed by atoms with E-state index in [0.717, 1.165) is 26.8 Å². The molecule has 0 amide bonds. The molecule has 7 nitrogen and oxygen atoms in total. The van der Waals surface area contributed by atoms with E-state index in [1.54, 1.807) is 21.8 Å². The molecule has 104 valence electrons. The summed E-state index contributed by atoms with van der Waals surface area (Å²) in [6.07, 6.45) is 7.33. The summed E-state index contributed by atoms with van der Waals surface area (Å²) < 4.78 is 4.49. The second kappa shape index (κ2) is 4.81. The molecule has 3 aromatic heterocycles. The van der Waals surface area contributed by atoms with E-state index in [1.165, 1.54) is 0 Å². The van der Waals surface area contributed by atoms with Crippen molar-refractivity contribution in [3.63, 3.8) is 0 Å². The summed E-state index contributed by atoms with van der Waals surface area (Å²) in [5, 5.41) is 20.6. The van der Waals surface area contributed by atoms with Crippen molar-refractivity contribution in [2.75, 3.05) is 0 Å². The van der Waals surface area contributed by atoms with Gasteiger partial charge in [-0.25, -0.2) is 4.68 Å². The molecule has 21 heavy (non-hydrogen) atoms. The van der Waals surface area contributed by atoms with Gasteiger partial charge in [0.15, 0.2) is 0 Å². The Morgan fingerprint density at radius 3 is 3.00 bits per heavy atom. The summed E-state index contributed by atoms with van der Waals surface area (Å²) in [7, 11) is 0. The molecular weight excluding hydrogens is 334 g/mol. The predicted molar refractivity (Wildman–Crippen MR) is 80.0 cm³/mol. The first-order chi connectivity index (χ1) is 10.3. The number of hydrogen-bond acceptors (Lipinski definition) is 4. The van der Waals surface area contributed by atoms with Crippen LogP contribution in [0.3, 0.4) is 0 Å². The minimum absolute atomic E-state index is 0.581. The van der Waals surface area contributed by atoms with Crippen LogP contribution in [0.15, 0.2) is 47.5 Å². The van der Waals surface area contributed by atoms with Gasteiger partial charge in [-0.2, -0.15) is 10.2 Å². The molecule has 0 unspecified atom stereocenters. The summed E-state index contributed by atoms with van der Waals surface area (Å²) in [6.45, 7) is 0.581. The van der Waals surface area contributed by atoms with Crippen LogP contribution in [-0.2, 0) is 6.54 Å². The van der Waals surface area contributed by atoms with Gasteiger partial charge in [0.2, 0.25) is 0 Å². The summed E-state index contributed by atoms with van der Waals surface area (Å²) in [4.78, 5) is 0. The Morgan fingerprint density at radius 1 is 1.19 bits per heavy atom. The maximum Gasteiger partial charge on any atom is 0.105 e. The number of rotatable bonds is 3. The monoisotopic (exact) mass is 343 g/mol. The number of nitrogens with one attached hydrogen (secondary N) is 1. The number of halogens is 1. The summed E-state index contributed by atoms with van der Waals surface area (Å²) >= 11 is 3.37. The van der Waals surface area contributed by atoms with Gasteiger partial charge in [-0.3, -0.25) is 9.78 Å². The van der Waals surface area contributed by atoms with Gasteiger partial charge in [-0.1, -0.05) is 5.21 Å². The van der Waals surface area contributed by atoms with Crippen molar-refractivity contribution in [1.82, 2.24) is 35.0 Å². The van der Waals surface area contributed by atoms with Gasteiger partial charge in [-0.15, -0.1) is 5.10 Å². The lowest BCUT2D eigenvalue weighted by Crippen LogP contribution is -1.99. The third-order valence-corrected chi connectivity index (χ3v) is 3.57. The molecule has 0 bridgehead atoms. The molecule has 4 rings (SSSR count). The Balaban J connectivity index is 1.63. The van der Waals surface area contributed by atoms with E-state index in [2.05, 4.69) is 41.5 Å². The number of aromatic amines is 1. The first-order valence-electron chi connectivity index (χ1n) is 6.31. The third kappa shape index (κ3) is 2.33. The molecule has 4 aromatic rings. The number of nitrogens with zero attached hydrogens (tertiary/aromatic N) is 6. The van der Waals surface area contributed by atoms with Crippen molar-refractivity contribution in [2.24, 2.45) is 0 Å². The van der Waals surface area contributed by atoms with Crippen LogP contribution >= 0.6 is 15.9 Å². The molecule has 3 heterocycles. The molecule has 0 aliphatic heterocycles. The van der Waals surface area contributed by atoms with Crippen LogP contribution in [0.1, 0.15) is 5.69 Å². The molecule has 1 aromatic carbocycles. The Bertz CT molecular complexity index is 904. The minimum atomic E-state index is 0.581. The summed E-state index contributed by atoms with van der Waals surface area (Å²) in [5.41, 5.74) is 2.75. The Labute approximate surface area is 127 Å². The maximum absolute atomic E-state index is 4.21. The molecule has 0 radical (unpaired) electrons. The van der Waals surface area contributed by atoms with Gasteiger partial charge >= 0.3 is 0 Å². The van der Waals surface area contributed by atoms with Gasteiger partial charge in [0, 0.05) is 11.6 Å². The van der Waals surface area contributed by atoms with E-state index >= 15 is 0 Å². The second-order valence-corrected chi connectivity index (χ2v) is 5.57. The maximum atomic E-state index is 4.21. The quantitative estimate of drug-likeness (QED) is 0.618. The van der Waals surface area contributed by atoms with Crippen LogP contribution in [0.2, 0.25) is 0 Å². The van der Waals surface area contributed by atoms with Crippen LogP contribution in [0, 0.1) is 0 Å². The smallest absolute Gasteiger partial charge is 0.105 e. The number of aromatic nitrogens is 7. The van der Waals surface area contributed by atoms with Crippen molar-refractivity contribution in [3.05, 3.63) is 53.2 Å². The number of hydrogen-bond donors (Lipinski definition) is 1. The average molecular weight is 344 g/mol. The average Bonchev–Trinajstić information content (AvgIpc) is 3.19. The molecule has 0 saturated heterocycles. The van der Waals surface area contributed by atoms with E-state index in [9.17, 15) is 0 Å². The van der Waals surface area contributed by atoms with Gasteiger partial charge < -0.3 is 0 Å². The zero-order valence-corrected chi connectivity index (χ0v) is 12.4. The standard InChI is InChI=1S/C13H10BrN7/c14-10-5-16-20(6-10)7-11-8-21(19-17-11)12-2-1-9-4-15-18-13(9)3-12/h1-6,8H,7H2,(H,15,18). The van der Waals surface area contributed by atoms with Crippen LogP contribution in [0.4, 0.5) is 0 Å². The molecule has 1 N–H and O–H groups in total. The van der Waals surface area contributed by atoms with Crippen LogP contribution in [-0.4, -0.2) is 35.0 Å². The van der Waals surface area contributed by atoms with Gasteiger partial charge in [0.25, 0.3) is 0 Å². The largest absolute Gasteiger partial charge is 0.278 e. The summed E-state index contributed by atoms with van der Waals surface area (Å²) in [5.74, 6) is 0. The lowest BCUT2D eigenvalue weighted by atomic mass is 10.2. The zero-order chi connectivity index (χ0) is 14.2. The van der Waals surface area contributed by atoms with Crippen LogP contribution in [0.5, 0.6) is 0 Å². The zero-order valence-electron chi connectivity index (χ0n) is 10.8. The molecule has 0 fully saturated rings. The first-order valence-corrected chi connectivity index (χ1v) is 7.10. The van der Waals surface area contributed by atoms with Crippen molar-refractivity contribution in [2.45, 2.75) is 6.54 Å². The fourth-order valence-electron chi connectivity index (χ4n) is 2.16. The SMILES string of the molecule is Brc1cnn(Cc2cn(-c3ccc4cn[nH]c4c3)nn2)c1. The Kier molecular flexibility index (Phi) is 2.81. The number of fused-ring (bicyclic) bond motifs is 1. The van der Waals surface area contributed by atoms with Crippen molar-refractivity contribution in [1.29, 1.82) is 0 Å². The summed E-state index contributed by atoms with van der Waals surface area (Å²) in [6, 6.07) is 5.98. The molecular formula is C13H10BrN7. The lowest BCUT2D eigenvalue weighted by molar-refractivity contribution is 0.669. The fraction of sp³-hybridized carbons (Fsp3) is 0.0769. The number of H-pyrrole nitrogens is 1. The first kappa shape index (κ1) is 12.3. The van der Waals surface area contributed by atoms with Crippen molar-refractivity contribution >= 4 is 26.8 Å². The van der Waals surface area contributed by atoms with E-state index in [-0.39, 0.29) is 0 Å². The number of benzene rings is 1. The highest BCUT2D eigenvalue weighted by atomic mass is 79.9. The van der Waals surface area contributed by atoms with Crippen molar-refractivity contribution < 1.29 is 0 Å². The van der Waals surface area contributed by atoms with Crippen LogP contribution in [0.25, 0.3) is 16.6 Å². The third-order valence-electron chi connectivity index (χ3n) is 3.16. The highest BCUT2D eigenvalue weighted by molar-refractivity contribution is 9.10. The molecule has 8 heteroatoms. The second-order valence-electron chi connectivity index (χ2n) is 4.65. The highest BCUT2D eigenvalue weighted by Crippen LogP contribution is 2.16. The Morgan fingerprint density at radius 2 is 2.14 bits per heavy atom. The molecule has 0 atom stereocenters. The normalized spacial score (nSPS) is 11.3. The van der Waals surface area contributed by atoms with E-state index < -0.39 is 0 Å². The molecule has 0 spiro atoms. The fourth-order valence-corrected chi connectivity index (χ4v) is 2.48. The van der Waals surface area contributed by atoms with Crippen LogP contribution < -0.4 is 0 Å². The molecule has 0 saturated carbocycles. The minimum Gasteiger partial charge on any atom is -0.278 e. The van der Waals surface area contributed by atoms with Crippen molar-refractivity contribution in [3.8, 4) is 5.69 Å². The lowest BCUT2D eigenvalue weighted by Gasteiger charge is -1.99. The Hall–Kier alpha value is -2.48. The van der Waals surface area contributed by atoms with E-state index in [0.29, 0.717) is 6.54 Å². The molecule has 0 aliphatic rings. The highest BCUT2D eigenvalue weighted by Gasteiger charge is 2.06. The van der Waals surface area contributed by atoms with E-state index in [4.69, 9.17) is 0 Å². The molecule has 0 aliphatic carbocycles. The topological polar surface area (TPSA) is 77.2 Å². The van der Waals surface area contributed by atoms with Gasteiger partial charge in [0.05, 0.1) is 40.8 Å². The van der Waals surface area contributed by atoms with E-state index in [1.807, 2.05) is 30.6 Å².